The molecule has 0 saturated heterocycles. The molecule has 0 bridgehead atoms. The highest BCUT2D eigenvalue weighted by molar-refractivity contribution is 5.07. The summed E-state index contributed by atoms with van der Waals surface area (Å²) in [6, 6.07) is 0. The molecule has 3 nitrogen and oxygen atoms in total. The van der Waals surface area contributed by atoms with Gasteiger partial charge in [-0.05, 0) is 30.9 Å². The van der Waals surface area contributed by atoms with Gasteiger partial charge in [0.05, 0.1) is 6.20 Å². The third kappa shape index (κ3) is 3.67. The van der Waals surface area contributed by atoms with Crippen LogP contribution in [0.3, 0.4) is 0 Å². The minimum Gasteiger partial charge on any atom is -0.319 e. The summed E-state index contributed by atoms with van der Waals surface area (Å²) >= 11 is 0. The van der Waals surface area contributed by atoms with E-state index in [1.54, 1.807) is 0 Å². The summed E-state index contributed by atoms with van der Waals surface area (Å²) in [5, 5.41) is 7.51. The van der Waals surface area contributed by atoms with Gasteiger partial charge in [-0.1, -0.05) is 20.3 Å². The summed E-state index contributed by atoms with van der Waals surface area (Å²) < 4.78 is 1.88. The second-order valence-corrected chi connectivity index (χ2v) is 4.79. The summed E-state index contributed by atoms with van der Waals surface area (Å²) in [4.78, 5) is 0. The van der Waals surface area contributed by atoms with Gasteiger partial charge in [0.15, 0.2) is 0 Å². The van der Waals surface area contributed by atoms with Gasteiger partial charge in [0.1, 0.15) is 0 Å². The molecule has 0 spiro atoms. The molecule has 1 atom stereocenters. The Morgan fingerprint density at radius 1 is 1.53 bits per heavy atom. The van der Waals surface area contributed by atoms with Crippen molar-refractivity contribution >= 4 is 0 Å². The standard InChI is InChI=1S/C12H23N3/c1-5-6-12(2,10-13-3)7-11-8-14-15(4)9-11/h8-9,13H,5-7,10H2,1-4H3. The van der Waals surface area contributed by atoms with Crippen LogP contribution in [0.4, 0.5) is 0 Å². The molecule has 1 aromatic heterocycles. The molecule has 15 heavy (non-hydrogen) atoms. The van der Waals surface area contributed by atoms with Crippen molar-refractivity contribution in [3.8, 4) is 0 Å². The van der Waals surface area contributed by atoms with E-state index in [0.717, 1.165) is 13.0 Å². The zero-order valence-electron chi connectivity index (χ0n) is 10.4. The van der Waals surface area contributed by atoms with Crippen molar-refractivity contribution in [2.45, 2.75) is 33.1 Å². The summed E-state index contributed by atoms with van der Waals surface area (Å²) in [5.41, 5.74) is 1.69. The minimum atomic E-state index is 0.354. The Kier molecular flexibility index (Phi) is 4.33. The van der Waals surface area contributed by atoms with Crippen molar-refractivity contribution in [3.05, 3.63) is 18.0 Å². The highest BCUT2D eigenvalue weighted by atomic mass is 15.2. The summed E-state index contributed by atoms with van der Waals surface area (Å²) in [7, 11) is 4.00. The molecule has 0 amide bonds. The second-order valence-electron chi connectivity index (χ2n) is 4.79. The molecule has 0 saturated carbocycles. The number of aromatic nitrogens is 2. The van der Waals surface area contributed by atoms with Crippen LogP contribution in [0.15, 0.2) is 12.4 Å². The molecule has 0 radical (unpaired) electrons. The third-order valence-corrected chi connectivity index (χ3v) is 2.85. The predicted octanol–water partition coefficient (Wildman–Crippen LogP) is 1.99. The Bertz CT molecular complexity index is 285. The number of nitrogens with zero attached hydrogens (tertiary/aromatic N) is 2. The van der Waals surface area contributed by atoms with E-state index >= 15 is 0 Å². The van der Waals surface area contributed by atoms with Crippen LogP contribution < -0.4 is 5.32 Å². The van der Waals surface area contributed by atoms with Crippen LogP contribution >= 0.6 is 0 Å². The lowest BCUT2D eigenvalue weighted by molar-refractivity contribution is 0.283. The van der Waals surface area contributed by atoms with E-state index in [4.69, 9.17) is 0 Å². The Labute approximate surface area is 92.9 Å². The maximum Gasteiger partial charge on any atom is 0.0521 e. The van der Waals surface area contributed by atoms with Crippen molar-refractivity contribution in [3.63, 3.8) is 0 Å². The van der Waals surface area contributed by atoms with Gasteiger partial charge in [-0.15, -0.1) is 0 Å². The molecular formula is C12H23N3. The van der Waals surface area contributed by atoms with Crippen LogP contribution in [0.25, 0.3) is 0 Å². The fraction of sp³-hybridized carbons (Fsp3) is 0.750. The first-order valence-corrected chi connectivity index (χ1v) is 5.72. The van der Waals surface area contributed by atoms with E-state index in [2.05, 4.69) is 30.5 Å². The van der Waals surface area contributed by atoms with Gasteiger partial charge in [0, 0.05) is 19.8 Å². The lowest BCUT2D eigenvalue weighted by Crippen LogP contribution is -2.31. The van der Waals surface area contributed by atoms with Crippen LogP contribution in [0.1, 0.15) is 32.3 Å². The molecule has 0 fully saturated rings. The maximum absolute atomic E-state index is 4.22. The van der Waals surface area contributed by atoms with Gasteiger partial charge in [0.2, 0.25) is 0 Å². The van der Waals surface area contributed by atoms with E-state index in [1.807, 2.05) is 25.0 Å². The van der Waals surface area contributed by atoms with Crippen LogP contribution in [0, 0.1) is 5.41 Å². The number of hydrogen-bond donors (Lipinski definition) is 1. The van der Waals surface area contributed by atoms with Crippen molar-refractivity contribution in [2.75, 3.05) is 13.6 Å². The summed E-state index contributed by atoms with van der Waals surface area (Å²) in [6.45, 7) is 5.66. The normalized spacial score (nSPS) is 15.2. The quantitative estimate of drug-likeness (QED) is 0.776. The molecule has 0 aliphatic rings. The summed E-state index contributed by atoms with van der Waals surface area (Å²) in [5.74, 6) is 0. The lowest BCUT2D eigenvalue weighted by atomic mass is 9.80. The molecule has 3 heteroatoms. The van der Waals surface area contributed by atoms with E-state index < -0.39 is 0 Å². The minimum absolute atomic E-state index is 0.354. The van der Waals surface area contributed by atoms with Crippen LogP contribution in [0.5, 0.6) is 0 Å². The zero-order valence-corrected chi connectivity index (χ0v) is 10.4. The monoisotopic (exact) mass is 209 g/mol. The Morgan fingerprint density at radius 3 is 2.73 bits per heavy atom. The van der Waals surface area contributed by atoms with Crippen molar-refractivity contribution in [2.24, 2.45) is 12.5 Å². The van der Waals surface area contributed by atoms with Crippen LogP contribution in [-0.2, 0) is 13.5 Å². The molecule has 0 aliphatic carbocycles. The van der Waals surface area contributed by atoms with Gasteiger partial charge >= 0.3 is 0 Å². The second kappa shape index (κ2) is 5.31. The Balaban J connectivity index is 2.65. The highest BCUT2D eigenvalue weighted by Crippen LogP contribution is 2.27. The fourth-order valence-corrected chi connectivity index (χ4v) is 2.33. The van der Waals surface area contributed by atoms with Gasteiger partial charge in [-0.3, -0.25) is 4.68 Å². The molecule has 86 valence electrons. The number of aryl methyl sites for hydroxylation is 1. The van der Waals surface area contributed by atoms with E-state index in [1.165, 1.54) is 18.4 Å². The van der Waals surface area contributed by atoms with Gasteiger partial charge in [-0.25, -0.2) is 0 Å². The molecule has 0 aliphatic heterocycles. The first-order valence-electron chi connectivity index (χ1n) is 5.72. The van der Waals surface area contributed by atoms with Crippen molar-refractivity contribution in [1.29, 1.82) is 0 Å². The first-order chi connectivity index (χ1) is 7.09. The van der Waals surface area contributed by atoms with Gasteiger partial charge < -0.3 is 5.32 Å². The molecule has 1 N–H and O–H groups in total. The van der Waals surface area contributed by atoms with E-state index in [9.17, 15) is 0 Å². The molecule has 1 heterocycles. The van der Waals surface area contributed by atoms with Crippen molar-refractivity contribution < 1.29 is 0 Å². The van der Waals surface area contributed by atoms with Gasteiger partial charge in [-0.2, -0.15) is 5.10 Å². The number of rotatable bonds is 6. The van der Waals surface area contributed by atoms with E-state index in [0.29, 0.717) is 5.41 Å². The summed E-state index contributed by atoms with van der Waals surface area (Å²) in [6.07, 6.45) is 7.68. The lowest BCUT2D eigenvalue weighted by Gasteiger charge is -2.28. The van der Waals surface area contributed by atoms with Crippen LogP contribution in [-0.4, -0.2) is 23.4 Å². The average molecular weight is 209 g/mol. The smallest absolute Gasteiger partial charge is 0.0521 e. The van der Waals surface area contributed by atoms with Crippen LogP contribution in [0.2, 0.25) is 0 Å². The average Bonchev–Trinajstić information content (AvgIpc) is 2.51. The fourth-order valence-electron chi connectivity index (χ4n) is 2.33. The topological polar surface area (TPSA) is 29.9 Å². The number of hydrogen-bond acceptors (Lipinski definition) is 2. The number of nitrogens with one attached hydrogen (secondary N) is 1. The molecule has 0 aromatic carbocycles. The molecule has 1 unspecified atom stereocenters. The molecule has 1 aromatic rings. The SMILES string of the molecule is CCCC(C)(CNC)Cc1cnn(C)c1. The maximum atomic E-state index is 4.22. The highest BCUT2D eigenvalue weighted by Gasteiger charge is 2.23. The molecule has 1 rings (SSSR count). The predicted molar refractivity (Wildman–Crippen MR) is 63.9 cm³/mol. The Morgan fingerprint density at radius 2 is 2.27 bits per heavy atom. The first kappa shape index (κ1) is 12.2. The van der Waals surface area contributed by atoms with Gasteiger partial charge in [0.25, 0.3) is 0 Å². The van der Waals surface area contributed by atoms with E-state index in [-0.39, 0.29) is 0 Å². The van der Waals surface area contributed by atoms with Crippen molar-refractivity contribution in [1.82, 2.24) is 15.1 Å². The largest absolute Gasteiger partial charge is 0.319 e. The third-order valence-electron chi connectivity index (χ3n) is 2.85. The Hall–Kier alpha value is -0.830. The zero-order chi connectivity index (χ0) is 11.3. The molecular weight excluding hydrogens is 186 g/mol.